The molecule has 6 heteroatoms. The van der Waals surface area contributed by atoms with E-state index in [1.165, 1.54) is 0 Å². The molecule has 0 fully saturated rings. The van der Waals surface area contributed by atoms with Crippen molar-refractivity contribution < 1.29 is 45.9 Å². The zero-order valence-electron chi connectivity index (χ0n) is 5.26. The van der Waals surface area contributed by atoms with E-state index < -0.39 is 11.7 Å². The molecule has 0 unspecified atom stereocenters. The first kappa shape index (κ1) is 11.0. The Hall–Kier alpha value is -0.0261. The molecule has 1 rings (SSSR count). The SMILES string of the molecule is FC(F)(F)c1cn[c-]nc1.[Y]. The zero-order chi connectivity index (χ0) is 7.61. The van der Waals surface area contributed by atoms with Gasteiger partial charge in [0.15, 0.2) is 0 Å². The summed E-state index contributed by atoms with van der Waals surface area (Å²) in [6.07, 6.45) is -1.00. The number of rotatable bonds is 0. The molecule has 0 amide bonds. The number of aromatic nitrogens is 2. The van der Waals surface area contributed by atoms with Gasteiger partial charge in [0.25, 0.3) is 0 Å². The molecule has 0 aliphatic rings. The van der Waals surface area contributed by atoms with Crippen LogP contribution in [0.25, 0.3) is 0 Å². The minimum absolute atomic E-state index is 0. The molecule has 57 valence electrons. The molecule has 0 saturated carbocycles. The fourth-order valence-electron chi connectivity index (χ4n) is 0.410. The van der Waals surface area contributed by atoms with Crippen LogP contribution in [0.4, 0.5) is 13.2 Å². The third-order valence-electron chi connectivity index (χ3n) is 0.850. The van der Waals surface area contributed by atoms with E-state index >= 15 is 0 Å². The average molecular weight is 236 g/mol. The Labute approximate surface area is 86.1 Å². The van der Waals surface area contributed by atoms with Crippen molar-refractivity contribution in [2.45, 2.75) is 6.18 Å². The number of hydrogen-bond acceptors (Lipinski definition) is 2. The van der Waals surface area contributed by atoms with Crippen molar-refractivity contribution in [2.75, 3.05) is 0 Å². The molecule has 0 saturated heterocycles. The quantitative estimate of drug-likeness (QED) is 0.634. The maximum atomic E-state index is 11.7. The summed E-state index contributed by atoms with van der Waals surface area (Å²) in [5.74, 6) is 0. The van der Waals surface area contributed by atoms with Gasteiger partial charge < -0.3 is 9.97 Å². The molecule has 1 aromatic rings. The van der Waals surface area contributed by atoms with E-state index in [9.17, 15) is 13.2 Å². The van der Waals surface area contributed by atoms with E-state index in [0.717, 1.165) is 0 Å². The fourth-order valence-corrected chi connectivity index (χ4v) is 0.410. The fraction of sp³-hybridized carbons (Fsp3) is 0.200. The first-order valence-corrected chi connectivity index (χ1v) is 2.36. The van der Waals surface area contributed by atoms with Gasteiger partial charge in [-0.1, -0.05) is 12.4 Å². The van der Waals surface area contributed by atoms with Gasteiger partial charge >= 0.3 is 6.18 Å². The van der Waals surface area contributed by atoms with Crippen LogP contribution in [0, 0.1) is 6.33 Å². The van der Waals surface area contributed by atoms with E-state index in [-0.39, 0.29) is 32.7 Å². The van der Waals surface area contributed by atoms with Crippen molar-refractivity contribution in [1.82, 2.24) is 9.97 Å². The van der Waals surface area contributed by atoms with Crippen molar-refractivity contribution in [3.63, 3.8) is 0 Å². The Kier molecular flexibility index (Phi) is 4.10. The van der Waals surface area contributed by atoms with Gasteiger partial charge in [-0.25, -0.2) is 0 Å². The summed E-state index contributed by atoms with van der Waals surface area (Å²) >= 11 is 0. The minimum Gasteiger partial charge on any atom is -0.374 e. The summed E-state index contributed by atoms with van der Waals surface area (Å²) in [5, 5.41) is 0. The first-order chi connectivity index (χ1) is 4.61. The summed E-state index contributed by atoms with van der Waals surface area (Å²) < 4.78 is 35.1. The Morgan fingerprint density at radius 3 is 1.91 bits per heavy atom. The van der Waals surface area contributed by atoms with Crippen LogP contribution in [-0.2, 0) is 38.9 Å². The second kappa shape index (κ2) is 4.11. The third kappa shape index (κ3) is 3.25. The van der Waals surface area contributed by atoms with Gasteiger partial charge in [0.2, 0.25) is 0 Å². The topological polar surface area (TPSA) is 25.8 Å². The molecule has 0 bridgehead atoms. The first-order valence-electron chi connectivity index (χ1n) is 2.36. The minimum atomic E-state index is -4.35. The molecular weight excluding hydrogens is 234 g/mol. The van der Waals surface area contributed by atoms with Crippen LogP contribution in [0.3, 0.4) is 0 Å². The van der Waals surface area contributed by atoms with E-state index in [1.807, 2.05) is 6.33 Å². The van der Waals surface area contributed by atoms with Crippen LogP contribution in [-0.4, -0.2) is 9.97 Å². The summed E-state index contributed by atoms with van der Waals surface area (Å²) in [4.78, 5) is 6.19. The van der Waals surface area contributed by atoms with Crippen LogP contribution in [0.1, 0.15) is 5.56 Å². The molecule has 0 N–H and O–H groups in total. The van der Waals surface area contributed by atoms with Crippen LogP contribution in [0.15, 0.2) is 12.4 Å². The van der Waals surface area contributed by atoms with Gasteiger partial charge in [-0.05, 0) is 5.56 Å². The Balaban J connectivity index is 0.000001000. The second-order valence-electron chi connectivity index (χ2n) is 1.57. The summed E-state index contributed by atoms with van der Waals surface area (Å²) in [7, 11) is 0. The van der Waals surface area contributed by atoms with E-state index in [2.05, 4.69) is 9.97 Å². The van der Waals surface area contributed by atoms with E-state index in [1.54, 1.807) is 0 Å². The summed E-state index contributed by atoms with van der Waals surface area (Å²) in [5.41, 5.74) is -0.855. The maximum absolute atomic E-state index is 11.7. The molecule has 1 radical (unpaired) electrons. The molecule has 1 aromatic heterocycles. The third-order valence-corrected chi connectivity index (χ3v) is 0.850. The molecule has 0 atom stereocenters. The largest absolute Gasteiger partial charge is 0.397 e. The van der Waals surface area contributed by atoms with Gasteiger partial charge in [-0.2, -0.15) is 13.2 Å². The number of nitrogens with zero attached hydrogens (tertiary/aromatic N) is 2. The summed E-state index contributed by atoms with van der Waals surface area (Å²) in [6.45, 7) is 0. The molecule has 0 aliphatic carbocycles. The van der Waals surface area contributed by atoms with Gasteiger partial charge in [-0.3, -0.25) is 0 Å². The molecule has 11 heavy (non-hydrogen) atoms. The summed E-state index contributed by atoms with van der Waals surface area (Å²) in [6, 6.07) is 0. The van der Waals surface area contributed by atoms with Crippen LogP contribution >= 0.6 is 0 Å². The standard InChI is InChI=1S/C5H2F3N2.Y/c6-5(7,8)4-1-9-3-10-2-4;/h1-2H;/q-1;. The predicted molar refractivity (Wildman–Crippen MR) is 25.9 cm³/mol. The van der Waals surface area contributed by atoms with Gasteiger partial charge in [0.05, 0.1) is 0 Å². The molecule has 0 aromatic carbocycles. The number of alkyl halides is 3. The normalized spacial score (nSPS) is 10.5. The van der Waals surface area contributed by atoms with Crippen molar-refractivity contribution in [3.05, 3.63) is 24.3 Å². The molecular formula is C5H2F3N2Y-. The van der Waals surface area contributed by atoms with Crippen LogP contribution in [0.2, 0.25) is 0 Å². The molecule has 0 aliphatic heterocycles. The maximum Gasteiger partial charge on any atom is 0.397 e. The van der Waals surface area contributed by atoms with Gasteiger partial charge in [-0.15, -0.1) is 0 Å². The second-order valence-corrected chi connectivity index (χ2v) is 1.57. The Morgan fingerprint density at radius 2 is 1.64 bits per heavy atom. The van der Waals surface area contributed by atoms with E-state index in [4.69, 9.17) is 0 Å². The predicted octanol–water partition coefficient (Wildman–Crippen LogP) is 1.29. The smallest absolute Gasteiger partial charge is 0.374 e. The van der Waals surface area contributed by atoms with Crippen molar-refractivity contribution in [3.8, 4) is 0 Å². The number of halogens is 3. The Bertz CT molecular complexity index is 211. The van der Waals surface area contributed by atoms with E-state index in [0.29, 0.717) is 12.4 Å². The van der Waals surface area contributed by atoms with Crippen LogP contribution < -0.4 is 0 Å². The monoisotopic (exact) mass is 236 g/mol. The number of hydrogen-bond donors (Lipinski definition) is 0. The van der Waals surface area contributed by atoms with Crippen molar-refractivity contribution in [1.29, 1.82) is 0 Å². The molecule has 2 nitrogen and oxygen atoms in total. The van der Waals surface area contributed by atoms with Crippen molar-refractivity contribution in [2.24, 2.45) is 0 Å². The average Bonchev–Trinajstić information content (AvgIpc) is 1.88. The Morgan fingerprint density at radius 1 is 1.18 bits per heavy atom. The van der Waals surface area contributed by atoms with Gasteiger partial charge in [0, 0.05) is 39.0 Å². The molecule has 1 heterocycles. The van der Waals surface area contributed by atoms with Crippen LogP contribution in [0.5, 0.6) is 0 Å². The molecule has 0 spiro atoms. The van der Waals surface area contributed by atoms with Crippen molar-refractivity contribution >= 4 is 0 Å². The zero-order valence-corrected chi connectivity index (χ0v) is 8.10. The van der Waals surface area contributed by atoms with Gasteiger partial charge in [0.1, 0.15) is 0 Å².